The Kier molecular flexibility index (Phi) is 12.0. The van der Waals surface area contributed by atoms with E-state index in [0.717, 1.165) is 50.2 Å². The summed E-state index contributed by atoms with van der Waals surface area (Å²) < 4.78 is 1.98. The molecule has 13 heteroatoms. The molecule has 198 valence electrons. The predicted molar refractivity (Wildman–Crippen MR) is 132 cm³/mol. The highest BCUT2D eigenvalue weighted by atomic mass is 32.1. The van der Waals surface area contributed by atoms with Crippen molar-refractivity contribution in [1.29, 1.82) is 0 Å². The van der Waals surface area contributed by atoms with Gasteiger partial charge in [0, 0.05) is 62.6 Å². The fourth-order valence-electron chi connectivity index (χ4n) is 4.23. The smallest absolute Gasteiger partial charge is 0.290 e. The van der Waals surface area contributed by atoms with Crippen LogP contribution in [0.3, 0.4) is 0 Å². The number of nitrogens with zero attached hydrogens (tertiary/aromatic N) is 4. The first-order chi connectivity index (χ1) is 17.4. The lowest BCUT2D eigenvalue weighted by molar-refractivity contribution is -0.128. The third kappa shape index (κ3) is 9.38. The molecule has 0 unspecified atom stereocenters. The van der Waals surface area contributed by atoms with Crippen LogP contribution in [0.2, 0.25) is 0 Å². The van der Waals surface area contributed by atoms with Crippen LogP contribution in [-0.2, 0) is 32.1 Å². The second kappa shape index (κ2) is 14.9. The van der Waals surface area contributed by atoms with E-state index < -0.39 is 0 Å². The van der Waals surface area contributed by atoms with Gasteiger partial charge in [0.25, 0.3) is 12.9 Å². The average Bonchev–Trinajstić information content (AvgIpc) is 3.21. The summed E-state index contributed by atoms with van der Waals surface area (Å²) in [7, 11) is 2.03. The van der Waals surface area contributed by atoms with Gasteiger partial charge in [0.1, 0.15) is 0 Å². The molecule has 1 saturated heterocycles. The van der Waals surface area contributed by atoms with Gasteiger partial charge in [-0.05, 0) is 32.7 Å². The van der Waals surface area contributed by atoms with Crippen molar-refractivity contribution in [2.45, 2.75) is 44.7 Å². The summed E-state index contributed by atoms with van der Waals surface area (Å²) >= 11 is 1.61. The first kappa shape index (κ1) is 28.9. The molecule has 4 rings (SSSR count). The Morgan fingerprint density at radius 3 is 2.50 bits per heavy atom. The number of amides is 2. The lowest BCUT2D eigenvalue weighted by Gasteiger charge is -2.24. The molecule has 2 atom stereocenters. The van der Waals surface area contributed by atoms with E-state index in [1.807, 2.05) is 23.2 Å². The van der Waals surface area contributed by atoms with E-state index in [9.17, 15) is 9.59 Å². The molecule has 1 aliphatic heterocycles. The summed E-state index contributed by atoms with van der Waals surface area (Å²) in [4.78, 5) is 52.8. The number of likely N-dealkylation sites (N-methyl/N-ethyl adjacent to an activating group) is 1. The maximum absolute atomic E-state index is 13.0. The molecular weight excluding hydrogens is 488 g/mol. The Morgan fingerprint density at radius 1 is 1.19 bits per heavy atom. The topological polar surface area (TPSA) is 167 Å². The Bertz CT molecular complexity index is 929. The largest absolute Gasteiger partial charge is 0.483 e. The number of likely N-dealkylation sites (tertiary alicyclic amines) is 1. The molecule has 2 amide bonds. The molecule has 2 fully saturated rings. The van der Waals surface area contributed by atoms with Crippen molar-refractivity contribution in [2.75, 3.05) is 26.7 Å². The molecule has 1 saturated carbocycles. The highest BCUT2D eigenvalue weighted by Gasteiger charge is 2.50. The molecule has 0 aromatic carbocycles. The fraction of sp³-hybridized carbons (Fsp3) is 0.565. The molecule has 2 aliphatic rings. The lowest BCUT2D eigenvalue weighted by atomic mass is 10.00. The number of hydrogen-bond donors (Lipinski definition) is 4. The van der Waals surface area contributed by atoms with Crippen molar-refractivity contribution in [3.05, 3.63) is 35.3 Å². The van der Waals surface area contributed by atoms with Gasteiger partial charge in [-0.15, -0.1) is 11.3 Å². The summed E-state index contributed by atoms with van der Waals surface area (Å²) in [5.74, 6) is 0.194. The molecule has 0 bridgehead atoms. The van der Waals surface area contributed by atoms with Crippen LogP contribution in [0.1, 0.15) is 30.7 Å². The quantitative estimate of drug-likeness (QED) is 0.365. The third-order valence-electron chi connectivity index (χ3n) is 6.13. The van der Waals surface area contributed by atoms with E-state index in [2.05, 4.69) is 25.5 Å². The van der Waals surface area contributed by atoms with Crippen molar-refractivity contribution in [3.63, 3.8) is 0 Å². The monoisotopic (exact) mass is 522 g/mol. The van der Waals surface area contributed by atoms with Crippen LogP contribution in [-0.4, -0.2) is 87.1 Å². The molecule has 4 N–H and O–H groups in total. The lowest BCUT2D eigenvalue weighted by Crippen LogP contribution is -2.45. The van der Waals surface area contributed by atoms with Crippen molar-refractivity contribution < 1.29 is 29.4 Å². The number of rotatable bonds is 8. The van der Waals surface area contributed by atoms with E-state index in [4.69, 9.17) is 19.8 Å². The first-order valence-electron chi connectivity index (χ1n) is 11.6. The summed E-state index contributed by atoms with van der Waals surface area (Å²) in [6, 6.07) is 0.0795. The molecule has 1 aliphatic carbocycles. The number of aromatic nitrogens is 3. The number of thiazole rings is 1. The second-order valence-corrected chi connectivity index (χ2v) is 9.84. The summed E-state index contributed by atoms with van der Waals surface area (Å²) in [5.41, 5.74) is -0.293. The van der Waals surface area contributed by atoms with Crippen LogP contribution in [0, 0.1) is 11.3 Å². The minimum Gasteiger partial charge on any atom is -0.483 e. The third-order valence-corrected chi connectivity index (χ3v) is 6.97. The van der Waals surface area contributed by atoms with Crippen LogP contribution in [0.15, 0.2) is 30.3 Å². The molecule has 2 aromatic heterocycles. The van der Waals surface area contributed by atoms with E-state index in [1.165, 1.54) is 0 Å². The van der Waals surface area contributed by atoms with E-state index >= 15 is 0 Å². The number of carboxylic acid groups (broad SMARTS) is 2. The van der Waals surface area contributed by atoms with Gasteiger partial charge in [0.2, 0.25) is 11.8 Å². The minimum atomic E-state index is -0.293. The molecular formula is C23H34N6O6S. The maximum atomic E-state index is 13.0. The standard InChI is InChI=1S/C21H30N6O2S.2CH2O2/c1-26-12-16(19(28)24-7-4-18-23-9-11-30-18)2-3-17(13-26)25-20(29)21(5-6-21)14-27-10-8-22-15-27;2*2-1-3/h8-11,15-17H,2-7,12-14H2,1H3,(H,24,28)(H,25,29);2*1H,(H,2,3)/t16-,17+;;/m1../s1. The summed E-state index contributed by atoms with van der Waals surface area (Å²) in [5, 5.41) is 23.1. The van der Waals surface area contributed by atoms with Crippen molar-refractivity contribution in [3.8, 4) is 0 Å². The average molecular weight is 523 g/mol. The number of carbonyl (C=O) groups is 4. The summed E-state index contributed by atoms with van der Waals surface area (Å²) in [6.45, 7) is 2.29. The fourth-order valence-corrected chi connectivity index (χ4v) is 4.85. The number of carbonyl (C=O) groups excluding carboxylic acids is 2. The molecule has 2 aromatic rings. The Hall–Kier alpha value is -3.32. The number of imidazole rings is 1. The van der Waals surface area contributed by atoms with Crippen LogP contribution >= 0.6 is 11.3 Å². The van der Waals surface area contributed by atoms with Gasteiger partial charge in [-0.1, -0.05) is 0 Å². The van der Waals surface area contributed by atoms with Gasteiger partial charge in [0.15, 0.2) is 0 Å². The van der Waals surface area contributed by atoms with Gasteiger partial charge < -0.3 is 30.3 Å². The van der Waals surface area contributed by atoms with E-state index in [-0.39, 0.29) is 42.1 Å². The number of nitrogens with one attached hydrogen (secondary N) is 2. The normalized spacial score (nSPS) is 20.2. The zero-order chi connectivity index (χ0) is 26.4. The van der Waals surface area contributed by atoms with Gasteiger partial charge in [-0.25, -0.2) is 9.97 Å². The molecule has 0 radical (unpaired) electrons. The molecule has 0 spiro atoms. The van der Waals surface area contributed by atoms with Crippen molar-refractivity contribution in [1.82, 2.24) is 30.1 Å². The zero-order valence-electron chi connectivity index (χ0n) is 20.3. The Morgan fingerprint density at radius 2 is 1.92 bits per heavy atom. The van der Waals surface area contributed by atoms with Gasteiger partial charge >= 0.3 is 0 Å². The predicted octanol–water partition coefficient (Wildman–Crippen LogP) is 0.707. The maximum Gasteiger partial charge on any atom is 0.290 e. The Labute approximate surface area is 213 Å². The van der Waals surface area contributed by atoms with Gasteiger partial charge in [-0.3, -0.25) is 19.2 Å². The SMILES string of the molecule is CN1C[C@@H](NC(=O)C2(Cn3ccnc3)CC2)CC[C@@H](C(=O)NCCc2nccs2)C1.O=CO.O=CO. The van der Waals surface area contributed by atoms with Crippen molar-refractivity contribution in [2.24, 2.45) is 11.3 Å². The molecule has 3 heterocycles. The molecule has 12 nitrogen and oxygen atoms in total. The number of hydrogen-bond acceptors (Lipinski definition) is 8. The van der Waals surface area contributed by atoms with Crippen LogP contribution < -0.4 is 10.6 Å². The second-order valence-electron chi connectivity index (χ2n) is 8.86. The van der Waals surface area contributed by atoms with Gasteiger partial charge in [0.05, 0.1) is 22.7 Å². The van der Waals surface area contributed by atoms with E-state index in [1.54, 1.807) is 30.1 Å². The highest BCUT2D eigenvalue weighted by Crippen LogP contribution is 2.47. The Balaban J connectivity index is 0.000000693. The van der Waals surface area contributed by atoms with E-state index in [0.29, 0.717) is 13.1 Å². The van der Waals surface area contributed by atoms with Crippen LogP contribution in [0.4, 0.5) is 0 Å². The molecule has 36 heavy (non-hydrogen) atoms. The van der Waals surface area contributed by atoms with Gasteiger partial charge in [-0.2, -0.15) is 0 Å². The highest BCUT2D eigenvalue weighted by molar-refractivity contribution is 7.09. The van der Waals surface area contributed by atoms with Crippen molar-refractivity contribution >= 4 is 36.1 Å². The summed E-state index contributed by atoms with van der Waals surface area (Å²) in [6.07, 6.45) is 11.4. The first-order valence-corrected chi connectivity index (χ1v) is 12.5. The minimum absolute atomic E-state index is 0.0472. The van der Waals surface area contributed by atoms with Crippen LogP contribution in [0.5, 0.6) is 0 Å². The van der Waals surface area contributed by atoms with Crippen LogP contribution in [0.25, 0.3) is 0 Å². The zero-order valence-corrected chi connectivity index (χ0v) is 21.1.